The van der Waals surface area contributed by atoms with Crippen molar-refractivity contribution in [1.29, 1.82) is 0 Å². The highest BCUT2D eigenvalue weighted by molar-refractivity contribution is 7.91. The maximum atomic E-state index is 14.3. The van der Waals surface area contributed by atoms with Crippen LogP contribution in [0.1, 0.15) is 6.92 Å². The first-order valence-electron chi connectivity index (χ1n) is 10.9. The molecule has 2 aromatic heterocycles. The van der Waals surface area contributed by atoms with Gasteiger partial charge in [0.2, 0.25) is 0 Å². The summed E-state index contributed by atoms with van der Waals surface area (Å²) in [6.45, 7) is 1.57. The molecule has 0 saturated carbocycles. The van der Waals surface area contributed by atoms with Gasteiger partial charge in [-0.1, -0.05) is 19.1 Å². The molecule has 0 bridgehead atoms. The number of rotatable bonds is 7. The minimum atomic E-state index is -3.36. The molecule has 0 radical (unpaired) electrons. The van der Waals surface area contributed by atoms with E-state index in [-0.39, 0.29) is 22.1 Å². The van der Waals surface area contributed by atoms with Crippen molar-refractivity contribution in [2.75, 3.05) is 5.75 Å². The van der Waals surface area contributed by atoms with E-state index in [1.165, 1.54) is 36.4 Å². The van der Waals surface area contributed by atoms with Gasteiger partial charge >= 0.3 is 0 Å². The van der Waals surface area contributed by atoms with Gasteiger partial charge < -0.3 is 14.5 Å². The van der Waals surface area contributed by atoms with E-state index >= 15 is 0 Å². The molecule has 0 spiro atoms. The number of H-pyrrole nitrogens is 1. The minimum Gasteiger partial charge on any atom is -0.457 e. The van der Waals surface area contributed by atoms with Crippen LogP contribution in [0.4, 0.5) is 8.78 Å². The third-order valence-electron chi connectivity index (χ3n) is 5.36. The van der Waals surface area contributed by atoms with Gasteiger partial charge in [-0.05, 0) is 48.5 Å². The molecule has 10 heteroatoms. The number of para-hydroxylation sites is 1. The lowest BCUT2D eigenvalue weighted by Gasteiger charge is -2.11. The lowest BCUT2D eigenvalue weighted by molar-refractivity contribution is 0.407. The molecule has 0 amide bonds. The molecule has 3 aromatic carbocycles. The Kier molecular flexibility index (Phi) is 6.11. The number of aromatic nitrogens is 3. The molecular formula is C26H19F2N3O4S. The summed E-state index contributed by atoms with van der Waals surface area (Å²) in [6.07, 6.45) is 1.62. The van der Waals surface area contributed by atoms with E-state index in [0.717, 1.165) is 12.1 Å². The second kappa shape index (κ2) is 9.38. The molecule has 0 fully saturated rings. The molecular weight excluding hydrogens is 488 g/mol. The Hall–Kier alpha value is -4.31. The molecule has 1 N–H and O–H groups in total. The maximum absolute atomic E-state index is 14.3. The largest absolute Gasteiger partial charge is 0.457 e. The molecule has 0 saturated heterocycles. The Morgan fingerprint density at radius 3 is 2.31 bits per heavy atom. The smallest absolute Gasteiger partial charge is 0.198 e. The summed E-state index contributed by atoms with van der Waals surface area (Å²) in [5, 5.41) is 0. The third-order valence-corrected chi connectivity index (χ3v) is 7.11. The molecule has 2 heterocycles. The molecule has 0 aliphatic heterocycles. The predicted octanol–water partition coefficient (Wildman–Crippen LogP) is 6.28. The van der Waals surface area contributed by atoms with E-state index in [1.54, 1.807) is 37.4 Å². The van der Waals surface area contributed by atoms with Gasteiger partial charge in [0, 0.05) is 18.3 Å². The Bertz CT molecular complexity index is 1630. The van der Waals surface area contributed by atoms with E-state index in [0.29, 0.717) is 28.3 Å². The topological polar surface area (TPSA) is 94.2 Å². The molecule has 5 aromatic rings. The Morgan fingerprint density at radius 1 is 0.889 bits per heavy atom. The minimum absolute atomic E-state index is 0.0182. The van der Waals surface area contributed by atoms with Crippen LogP contribution in [-0.2, 0) is 9.84 Å². The average molecular weight is 508 g/mol. The van der Waals surface area contributed by atoms with Crippen molar-refractivity contribution < 1.29 is 26.7 Å². The average Bonchev–Trinajstić information content (AvgIpc) is 3.32. The first-order chi connectivity index (χ1) is 17.3. The molecule has 0 atom stereocenters. The summed E-state index contributed by atoms with van der Waals surface area (Å²) in [7, 11) is -3.36. The first-order valence-corrected chi connectivity index (χ1v) is 12.6. The van der Waals surface area contributed by atoms with Crippen LogP contribution < -0.4 is 9.47 Å². The summed E-state index contributed by atoms with van der Waals surface area (Å²) >= 11 is 0. The van der Waals surface area contributed by atoms with Crippen molar-refractivity contribution in [2.45, 2.75) is 11.8 Å². The number of imidazole rings is 1. The number of ether oxygens (including phenoxy) is 2. The molecule has 36 heavy (non-hydrogen) atoms. The van der Waals surface area contributed by atoms with Gasteiger partial charge in [-0.3, -0.25) is 4.98 Å². The number of fused-ring (bicyclic) bond motifs is 1. The van der Waals surface area contributed by atoms with Crippen LogP contribution in [0.2, 0.25) is 0 Å². The van der Waals surface area contributed by atoms with Crippen molar-refractivity contribution in [1.82, 2.24) is 15.0 Å². The zero-order valence-electron chi connectivity index (χ0n) is 18.9. The SMILES string of the molecule is CCS(=O)(=O)c1ccc(Oc2cc(Oc3c(F)cccc3F)c3nc(-c4ccccn4)[nH]c3c2)cc1. The van der Waals surface area contributed by atoms with Gasteiger partial charge in [0.1, 0.15) is 22.7 Å². The van der Waals surface area contributed by atoms with Gasteiger partial charge in [0.25, 0.3) is 0 Å². The number of hydrogen-bond donors (Lipinski definition) is 1. The second-order valence-electron chi connectivity index (χ2n) is 7.75. The number of aromatic amines is 1. The standard InChI is InChI=1S/C26H19F2N3O4S/c1-2-36(32,33)18-11-9-16(10-12-18)34-17-14-22-24(31-26(30-22)21-8-3-4-13-29-21)23(15-17)35-25-19(27)6-5-7-20(25)28/h3-15H,2H2,1H3,(H,30,31). The van der Waals surface area contributed by atoms with Crippen LogP contribution in [0.15, 0.2) is 83.9 Å². The molecule has 0 aliphatic carbocycles. The monoisotopic (exact) mass is 507 g/mol. The second-order valence-corrected chi connectivity index (χ2v) is 10.0. The van der Waals surface area contributed by atoms with Crippen LogP contribution in [-0.4, -0.2) is 29.1 Å². The molecule has 0 unspecified atom stereocenters. The van der Waals surface area contributed by atoms with Crippen LogP contribution in [0.25, 0.3) is 22.6 Å². The van der Waals surface area contributed by atoms with Gasteiger partial charge in [-0.25, -0.2) is 22.2 Å². The number of halogens is 2. The molecule has 182 valence electrons. The zero-order valence-corrected chi connectivity index (χ0v) is 19.7. The van der Waals surface area contributed by atoms with Gasteiger partial charge in [0.05, 0.1) is 16.2 Å². The Labute approximate surface area is 205 Å². The molecule has 5 rings (SSSR count). The number of nitrogens with one attached hydrogen (secondary N) is 1. The summed E-state index contributed by atoms with van der Waals surface area (Å²) in [6, 6.07) is 17.8. The van der Waals surface area contributed by atoms with Crippen molar-refractivity contribution >= 4 is 20.9 Å². The fraction of sp³-hybridized carbons (Fsp3) is 0.0769. The first kappa shape index (κ1) is 23.4. The maximum Gasteiger partial charge on any atom is 0.198 e. The lowest BCUT2D eigenvalue weighted by atomic mass is 10.2. The number of nitrogens with zero attached hydrogens (tertiary/aromatic N) is 2. The predicted molar refractivity (Wildman–Crippen MR) is 130 cm³/mol. The highest BCUT2D eigenvalue weighted by atomic mass is 32.2. The number of sulfone groups is 1. The Morgan fingerprint density at radius 2 is 1.64 bits per heavy atom. The van der Waals surface area contributed by atoms with E-state index in [9.17, 15) is 17.2 Å². The van der Waals surface area contributed by atoms with Crippen molar-refractivity contribution in [3.05, 3.63) is 90.6 Å². The lowest BCUT2D eigenvalue weighted by Crippen LogP contribution is -2.03. The summed E-state index contributed by atoms with van der Waals surface area (Å²) in [4.78, 5) is 12.1. The van der Waals surface area contributed by atoms with Crippen molar-refractivity contribution in [2.24, 2.45) is 0 Å². The molecule has 7 nitrogen and oxygen atoms in total. The van der Waals surface area contributed by atoms with Crippen LogP contribution in [0.5, 0.6) is 23.0 Å². The number of benzene rings is 3. The highest BCUT2D eigenvalue weighted by Crippen LogP contribution is 2.37. The van der Waals surface area contributed by atoms with E-state index in [2.05, 4.69) is 15.0 Å². The normalized spacial score (nSPS) is 11.5. The van der Waals surface area contributed by atoms with Gasteiger partial charge in [-0.15, -0.1) is 0 Å². The fourth-order valence-corrected chi connectivity index (χ4v) is 4.41. The number of pyridine rings is 1. The molecule has 0 aliphatic rings. The van der Waals surface area contributed by atoms with E-state index in [1.807, 2.05) is 0 Å². The van der Waals surface area contributed by atoms with E-state index in [4.69, 9.17) is 9.47 Å². The van der Waals surface area contributed by atoms with Crippen molar-refractivity contribution in [3.63, 3.8) is 0 Å². The summed E-state index contributed by atoms with van der Waals surface area (Å²) < 4.78 is 64.4. The van der Waals surface area contributed by atoms with Crippen LogP contribution in [0, 0.1) is 11.6 Å². The highest BCUT2D eigenvalue weighted by Gasteiger charge is 2.18. The fourth-order valence-electron chi connectivity index (χ4n) is 3.53. The zero-order chi connectivity index (χ0) is 25.3. The quantitative estimate of drug-likeness (QED) is 0.279. The Balaban J connectivity index is 1.57. The van der Waals surface area contributed by atoms with Crippen LogP contribution in [0.3, 0.4) is 0 Å². The summed E-state index contributed by atoms with van der Waals surface area (Å²) in [5.74, 6) is -1.23. The number of hydrogen-bond acceptors (Lipinski definition) is 6. The van der Waals surface area contributed by atoms with Crippen LogP contribution >= 0.6 is 0 Å². The summed E-state index contributed by atoms with van der Waals surface area (Å²) in [5.41, 5.74) is 1.35. The van der Waals surface area contributed by atoms with Crippen molar-refractivity contribution in [3.8, 4) is 34.5 Å². The van der Waals surface area contributed by atoms with Gasteiger partial charge in [-0.2, -0.15) is 0 Å². The van der Waals surface area contributed by atoms with E-state index < -0.39 is 27.2 Å². The van der Waals surface area contributed by atoms with Gasteiger partial charge in [0.15, 0.2) is 38.8 Å². The third kappa shape index (κ3) is 4.63.